The number of hydrogen-bond acceptors (Lipinski definition) is 6. The third kappa shape index (κ3) is 4.98. The van der Waals surface area contributed by atoms with E-state index in [-0.39, 0.29) is 36.7 Å². The molecular weight excluding hydrogens is 440 g/mol. The molecule has 3 heterocycles. The van der Waals surface area contributed by atoms with Crippen LogP contribution in [0.25, 0.3) is 0 Å². The smallest absolute Gasteiger partial charge is 0.358 e. The molecule has 0 bridgehead atoms. The molecule has 1 N–H and O–H groups in total. The Balaban J connectivity index is 1.62. The van der Waals surface area contributed by atoms with Crippen LogP contribution in [-0.2, 0) is 22.5 Å². The van der Waals surface area contributed by atoms with E-state index in [1.54, 1.807) is 30.1 Å². The molecule has 2 aromatic heterocycles. The molecule has 1 saturated carbocycles. The third-order valence-electron chi connectivity index (χ3n) is 6.62. The number of amides is 2. The van der Waals surface area contributed by atoms with Gasteiger partial charge in [0.15, 0.2) is 5.69 Å². The molecule has 178 valence electrons. The monoisotopic (exact) mass is 472 g/mol. The maximum absolute atomic E-state index is 13.6. The lowest BCUT2D eigenvalue weighted by Crippen LogP contribution is -2.65. The second kappa shape index (κ2) is 10.1. The molecule has 0 spiro atoms. The quantitative estimate of drug-likeness (QED) is 0.492. The van der Waals surface area contributed by atoms with Gasteiger partial charge in [0.1, 0.15) is 11.2 Å². The Kier molecular flexibility index (Phi) is 7.17. The first-order valence-electron chi connectivity index (χ1n) is 11.8. The van der Waals surface area contributed by atoms with E-state index < -0.39 is 11.5 Å². The first kappa shape index (κ1) is 23.5. The standard InChI is InChI=1S/C24H32N4O4S/c1-3-32-22(30)19-15-20-21(29)27(13-12-18-11-8-14-33-18)24(2,16-28(20)26-19)23(31)25-17-9-6-4-5-7-10-17/h8,11,14-15,17H,3-7,9-10,12-13,16H2,1-2H3,(H,25,31). The highest BCUT2D eigenvalue weighted by molar-refractivity contribution is 7.09. The Morgan fingerprint density at radius 2 is 2.03 bits per heavy atom. The summed E-state index contributed by atoms with van der Waals surface area (Å²) < 4.78 is 6.55. The lowest BCUT2D eigenvalue weighted by atomic mass is 9.93. The Bertz CT molecular complexity index is 994. The summed E-state index contributed by atoms with van der Waals surface area (Å²) in [5.41, 5.74) is -0.707. The minimum absolute atomic E-state index is 0.0897. The van der Waals surface area contributed by atoms with Crippen molar-refractivity contribution in [1.29, 1.82) is 0 Å². The summed E-state index contributed by atoms with van der Waals surface area (Å²) in [6.45, 7) is 4.36. The Morgan fingerprint density at radius 3 is 2.70 bits per heavy atom. The van der Waals surface area contributed by atoms with Crippen LogP contribution in [0, 0.1) is 0 Å². The fourth-order valence-electron chi connectivity index (χ4n) is 4.74. The van der Waals surface area contributed by atoms with E-state index in [4.69, 9.17) is 4.74 Å². The van der Waals surface area contributed by atoms with Gasteiger partial charge in [0.2, 0.25) is 5.91 Å². The molecule has 0 saturated heterocycles. The van der Waals surface area contributed by atoms with Gasteiger partial charge in [-0.05, 0) is 44.6 Å². The molecule has 2 amide bonds. The van der Waals surface area contributed by atoms with Gasteiger partial charge >= 0.3 is 5.97 Å². The van der Waals surface area contributed by atoms with Crippen molar-refractivity contribution in [1.82, 2.24) is 20.0 Å². The molecule has 1 aliphatic heterocycles. The number of thiophene rings is 1. The first-order chi connectivity index (χ1) is 15.9. The van der Waals surface area contributed by atoms with Gasteiger partial charge in [0.05, 0.1) is 13.2 Å². The normalized spacial score (nSPS) is 21.4. The van der Waals surface area contributed by atoms with E-state index in [0.717, 1.165) is 30.6 Å². The zero-order chi connectivity index (χ0) is 23.4. The number of nitrogens with zero attached hydrogens (tertiary/aromatic N) is 3. The zero-order valence-corrected chi connectivity index (χ0v) is 20.2. The summed E-state index contributed by atoms with van der Waals surface area (Å²) in [4.78, 5) is 42.2. The van der Waals surface area contributed by atoms with Crippen LogP contribution >= 0.6 is 11.3 Å². The molecular formula is C24H32N4O4S. The fraction of sp³-hybridized carbons (Fsp3) is 0.583. The number of aromatic nitrogens is 2. The number of ether oxygens (including phenoxy) is 1. The number of carbonyl (C=O) groups excluding carboxylic acids is 3. The molecule has 0 aromatic carbocycles. The molecule has 9 heteroatoms. The van der Waals surface area contributed by atoms with Crippen LogP contribution in [0.1, 0.15) is 78.2 Å². The van der Waals surface area contributed by atoms with Gasteiger partial charge in [0.25, 0.3) is 5.91 Å². The Morgan fingerprint density at radius 1 is 1.27 bits per heavy atom. The van der Waals surface area contributed by atoms with E-state index in [1.165, 1.54) is 23.6 Å². The number of hydrogen-bond donors (Lipinski definition) is 1. The van der Waals surface area contributed by atoms with Crippen LogP contribution in [0.3, 0.4) is 0 Å². The number of rotatable bonds is 7. The van der Waals surface area contributed by atoms with Crippen molar-refractivity contribution in [3.05, 3.63) is 39.8 Å². The highest BCUT2D eigenvalue weighted by Crippen LogP contribution is 2.29. The van der Waals surface area contributed by atoms with Crippen molar-refractivity contribution in [2.45, 2.75) is 76.9 Å². The zero-order valence-electron chi connectivity index (χ0n) is 19.3. The van der Waals surface area contributed by atoms with Gasteiger partial charge in [-0.1, -0.05) is 31.7 Å². The van der Waals surface area contributed by atoms with Crippen molar-refractivity contribution in [3.8, 4) is 0 Å². The van der Waals surface area contributed by atoms with Gasteiger partial charge in [-0.2, -0.15) is 5.10 Å². The van der Waals surface area contributed by atoms with Crippen molar-refractivity contribution in [3.63, 3.8) is 0 Å². The van der Waals surface area contributed by atoms with Gasteiger partial charge < -0.3 is 15.0 Å². The molecule has 0 radical (unpaired) electrons. The molecule has 1 atom stereocenters. The van der Waals surface area contributed by atoms with Gasteiger partial charge in [-0.15, -0.1) is 11.3 Å². The number of esters is 1. The van der Waals surface area contributed by atoms with E-state index in [2.05, 4.69) is 10.4 Å². The summed E-state index contributed by atoms with van der Waals surface area (Å²) in [7, 11) is 0. The molecule has 33 heavy (non-hydrogen) atoms. The van der Waals surface area contributed by atoms with Gasteiger partial charge in [-0.25, -0.2) is 4.79 Å². The molecule has 2 aromatic rings. The Hall–Kier alpha value is -2.68. The van der Waals surface area contributed by atoms with E-state index in [0.29, 0.717) is 18.7 Å². The number of nitrogens with one attached hydrogen (secondary N) is 1. The van der Waals surface area contributed by atoms with Crippen LogP contribution in [0.15, 0.2) is 23.6 Å². The van der Waals surface area contributed by atoms with Crippen molar-refractivity contribution < 1.29 is 19.1 Å². The molecule has 4 rings (SSSR count). The largest absolute Gasteiger partial charge is 0.461 e. The molecule has 1 aliphatic carbocycles. The molecule has 8 nitrogen and oxygen atoms in total. The van der Waals surface area contributed by atoms with E-state index >= 15 is 0 Å². The lowest BCUT2D eigenvalue weighted by molar-refractivity contribution is -0.133. The van der Waals surface area contributed by atoms with Crippen LogP contribution in [0.4, 0.5) is 0 Å². The summed E-state index contributed by atoms with van der Waals surface area (Å²) >= 11 is 1.63. The van der Waals surface area contributed by atoms with Crippen molar-refractivity contribution in [2.24, 2.45) is 0 Å². The Labute approximate surface area is 198 Å². The lowest BCUT2D eigenvalue weighted by Gasteiger charge is -2.43. The first-order valence-corrected chi connectivity index (χ1v) is 12.7. The summed E-state index contributed by atoms with van der Waals surface area (Å²) in [6, 6.07) is 5.61. The van der Waals surface area contributed by atoms with Crippen molar-refractivity contribution >= 4 is 29.1 Å². The number of fused-ring (bicyclic) bond motifs is 1. The maximum atomic E-state index is 13.6. The topological polar surface area (TPSA) is 93.5 Å². The predicted molar refractivity (Wildman–Crippen MR) is 125 cm³/mol. The summed E-state index contributed by atoms with van der Waals surface area (Å²) in [5, 5.41) is 9.56. The predicted octanol–water partition coefficient (Wildman–Crippen LogP) is 3.42. The van der Waals surface area contributed by atoms with Crippen LogP contribution in [-0.4, -0.2) is 57.2 Å². The van der Waals surface area contributed by atoms with Crippen LogP contribution in [0.5, 0.6) is 0 Å². The minimum Gasteiger partial charge on any atom is -0.461 e. The second-order valence-electron chi connectivity index (χ2n) is 9.01. The second-order valence-corrected chi connectivity index (χ2v) is 10.0. The molecule has 1 fully saturated rings. The fourth-order valence-corrected chi connectivity index (χ4v) is 5.44. The van der Waals surface area contributed by atoms with Gasteiger partial charge in [0, 0.05) is 23.5 Å². The van der Waals surface area contributed by atoms with Crippen molar-refractivity contribution in [2.75, 3.05) is 13.2 Å². The number of carbonyl (C=O) groups is 3. The summed E-state index contributed by atoms with van der Waals surface area (Å²) in [5.74, 6) is -1.02. The maximum Gasteiger partial charge on any atom is 0.358 e. The van der Waals surface area contributed by atoms with Gasteiger partial charge in [-0.3, -0.25) is 14.3 Å². The average Bonchev–Trinajstić information content (AvgIpc) is 3.39. The van der Waals surface area contributed by atoms with E-state index in [9.17, 15) is 14.4 Å². The minimum atomic E-state index is -1.11. The third-order valence-corrected chi connectivity index (χ3v) is 7.56. The summed E-state index contributed by atoms with van der Waals surface area (Å²) in [6.07, 6.45) is 7.19. The average molecular weight is 473 g/mol. The molecule has 1 unspecified atom stereocenters. The molecule has 2 aliphatic rings. The highest BCUT2D eigenvalue weighted by Gasteiger charge is 2.48. The SMILES string of the molecule is CCOC(=O)c1cc2n(n1)CC(C)(C(=O)NC1CCCCCC1)N(CCc1cccs1)C2=O. The highest BCUT2D eigenvalue weighted by atomic mass is 32.1. The van der Waals surface area contributed by atoms with Crippen LogP contribution < -0.4 is 5.32 Å². The van der Waals surface area contributed by atoms with E-state index in [1.807, 2.05) is 17.5 Å². The van der Waals surface area contributed by atoms with Crippen LogP contribution in [0.2, 0.25) is 0 Å².